The van der Waals surface area contributed by atoms with Crippen molar-refractivity contribution in [3.05, 3.63) is 53.6 Å². The molecule has 0 saturated heterocycles. The van der Waals surface area contributed by atoms with Crippen LogP contribution < -0.4 is 14.8 Å². The first kappa shape index (κ1) is 20.7. The molecular weight excluding hydrogens is 368 g/mol. The third-order valence-electron chi connectivity index (χ3n) is 3.92. The number of rotatable bonds is 9. The van der Waals surface area contributed by atoms with Gasteiger partial charge in [-0.25, -0.2) is 8.42 Å². The van der Waals surface area contributed by atoms with Crippen molar-refractivity contribution in [1.82, 2.24) is 5.32 Å². The molecule has 8 heteroatoms. The van der Waals surface area contributed by atoms with E-state index in [2.05, 4.69) is 10.0 Å². The molecule has 0 aliphatic rings. The molecule has 0 unspecified atom stereocenters. The van der Waals surface area contributed by atoms with E-state index < -0.39 is 10.0 Å². The lowest BCUT2D eigenvalue weighted by Gasteiger charge is -2.11. The van der Waals surface area contributed by atoms with Crippen LogP contribution in [0.4, 0.5) is 5.69 Å². The molecule has 27 heavy (non-hydrogen) atoms. The van der Waals surface area contributed by atoms with Gasteiger partial charge < -0.3 is 15.2 Å². The van der Waals surface area contributed by atoms with E-state index in [0.29, 0.717) is 24.4 Å². The topological polar surface area (TPSA) is 105 Å². The zero-order valence-corrected chi connectivity index (χ0v) is 16.2. The van der Waals surface area contributed by atoms with E-state index in [0.717, 1.165) is 11.1 Å². The fourth-order valence-electron chi connectivity index (χ4n) is 2.24. The van der Waals surface area contributed by atoms with Crippen LogP contribution in [0, 0.1) is 13.8 Å². The summed E-state index contributed by atoms with van der Waals surface area (Å²) in [5, 5.41) is 11.3. The highest BCUT2D eigenvalue weighted by Crippen LogP contribution is 2.21. The molecule has 0 aliphatic heterocycles. The predicted octanol–water partition coefficient (Wildman–Crippen LogP) is 1.98. The van der Waals surface area contributed by atoms with Crippen molar-refractivity contribution in [3.8, 4) is 5.75 Å². The van der Waals surface area contributed by atoms with Crippen LogP contribution in [0.5, 0.6) is 5.75 Å². The molecule has 3 N–H and O–H groups in total. The van der Waals surface area contributed by atoms with Crippen molar-refractivity contribution in [2.45, 2.75) is 25.2 Å². The number of hydrogen-bond donors (Lipinski definition) is 3. The van der Waals surface area contributed by atoms with E-state index in [1.807, 2.05) is 19.9 Å². The van der Waals surface area contributed by atoms with Crippen molar-refractivity contribution in [1.29, 1.82) is 0 Å². The molecule has 2 rings (SSSR count). The largest absolute Gasteiger partial charge is 0.484 e. The van der Waals surface area contributed by atoms with Crippen molar-refractivity contribution in [3.63, 3.8) is 0 Å². The summed E-state index contributed by atoms with van der Waals surface area (Å²) in [6, 6.07) is 11.2. The second kappa shape index (κ2) is 9.38. The summed E-state index contributed by atoms with van der Waals surface area (Å²) in [5.74, 6) is 0.0778. The number of hydrogen-bond acceptors (Lipinski definition) is 5. The van der Waals surface area contributed by atoms with Crippen LogP contribution in [0.25, 0.3) is 0 Å². The number of anilines is 1. The lowest BCUT2D eigenvalue weighted by molar-refractivity contribution is -0.123. The highest BCUT2D eigenvalue weighted by Gasteiger charge is 2.14. The Labute approximate surface area is 159 Å². The minimum atomic E-state index is -3.71. The predicted molar refractivity (Wildman–Crippen MR) is 103 cm³/mol. The summed E-state index contributed by atoms with van der Waals surface area (Å²) in [6.45, 7) is 4.07. The number of sulfonamides is 1. The Balaban J connectivity index is 1.96. The average molecular weight is 392 g/mol. The van der Waals surface area contributed by atoms with E-state index in [9.17, 15) is 13.2 Å². The average Bonchev–Trinajstić information content (AvgIpc) is 2.63. The highest BCUT2D eigenvalue weighted by atomic mass is 32.2. The number of nitrogens with one attached hydrogen (secondary N) is 2. The summed E-state index contributed by atoms with van der Waals surface area (Å²) < 4.78 is 32.8. The number of carbonyl (C=O) groups excluding carboxylic acids is 1. The van der Waals surface area contributed by atoms with Crippen LogP contribution in [0.2, 0.25) is 0 Å². The summed E-state index contributed by atoms with van der Waals surface area (Å²) in [6.07, 6.45) is 0.478. The van der Waals surface area contributed by atoms with Gasteiger partial charge in [-0.05, 0) is 67.8 Å². The molecule has 0 aromatic heterocycles. The second-order valence-electron chi connectivity index (χ2n) is 6.09. The fourth-order valence-corrected chi connectivity index (χ4v) is 3.29. The third-order valence-corrected chi connectivity index (χ3v) is 5.32. The molecule has 0 aliphatic carbocycles. The Morgan fingerprint density at radius 2 is 1.78 bits per heavy atom. The van der Waals surface area contributed by atoms with Gasteiger partial charge in [0, 0.05) is 18.8 Å². The first-order valence-electron chi connectivity index (χ1n) is 8.52. The summed E-state index contributed by atoms with van der Waals surface area (Å²) in [7, 11) is -3.71. The third kappa shape index (κ3) is 6.26. The number of aliphatic hydroxyl groups excluding tert-OH is 1. The standard InChI is InChI=1S/C19H24N2O5S/c1-14-4-5-16(12-15(14)2)21-27(24,25)18-8-6-17(7-9-18)26-13-19(23)20-10-3-11-22/h4-9,12,21-22H,3,10-11,13H2,1-2H3,(H,20,23). The maximum absolute atomic E-state index is 12.5. The zero-order valence-electron chi connectivity index (χ0n) is 15.4. The van der Waals surface area contributed by atoms with Gasteiger partial charge in [-0.15, -0.1) is 0 Å². The van der Waals surface area contributed by atoms with Crippen LogP contribution in [-0.4, -0.2) is 39.2 Å². The van der Waals surface area contributed by atoms with Crippen LogP contribution in [0.15, 0.2) is 47.4 Å². The number of amides is 1. The Kier molecular flexibility index (Phi) is 7.20. The van der Waals surface area contributed by atoms with E-state index in [1.165, 1.54) is 24.3 Å². The maximum Gasteiger partial charge on any atom is 0.261 e. The van der Waals surface area contributed by atoms with E-state index in [4.69, 9.17) is 9.84 Å². The lowest BCUT2D eigenvalue weighted by atomic mass is 10.1. The molecule has 146 valence electrons. The van der Waals surface area contributed by atoms with E-state index in [1.54, 1.807) is 12.1 Å². The molecule has 7 nitrogen and oxygen atoms in total. The van der Waals surface area contributed by atoms with Gasteiger partial charge in [0.05, 0.1) is 4.90 Å². The monoisotopic (exact) mass is 392 g/mol. The number of carbonyl (C=O) groups is 1. The molecule has 0 radical (unpaired) electrons. The summed E-state index contributed by atoms with van der Waals surface area (Å²) in [4.78, 5) is 11.6. The highest BCUT2D eigenvalue weighted by molar-refractivity contribution is 7.92. The first-order valence-corrected chi connectivity index (χ1v) is 10.0. The molecule has 0 bridgehead atoms. The Bertz CT molecular complexity index is 879. The lowest BCUT2D eigenvalue weighted by Crippen LogP contribution is -2.30. The van der Waals surface area contributed by atoms with Gasteiger partial charge in [0.2, 0.25) is 0 Å². The van der Waals surface area contributed by atoms with Gasteiger partial charge in [0.25, 0.3) is 15.9 Å². The number of aliphatic hydroxyl groups is 1. The smallest absolute Gasteiger partial charge is 0.261 e. The quantitative estimate of drug-likeness (QED) is 0.566. The van der Waals surface area contributed by atoms with Gasteiger partial charge in [-0.3, -0.25) is 9.52 Å². The zero-order chi connectivity index (χ0) is 19.9. The van der Waals surface area contributed by atoms with Crippen molar-refractivity contribution in [2.24, 2.45) is 0 Å². The van der Waals surface area contributed by atoms with Crippen LogP contribution in [0.3, 0.4) is 0 Å². The molecule has 2 aromatic rings. The summed E-state index contributed by atoms with van der Waals surface area (Å²) in [5.41, 5.74) is 2.58. The van der Waals surface area contributed by atoms with Crippen molar-refractivity contribution in [2.75, 3.05) is 24.5 Å². The second-order valence-corrected chi connectivity index (χ2v) is 7.77. The number of aryl methyl sites for hydroxylation is 2. The van der Waals surface area contributed by atoms with Gasteiger partial charge in [-0.1, -0.05) is 6.07 Å². The van der Waals surface area contributed by atoms with Gasteiger partial charge >= 0.3 is 0 Å². The van der Waals surface area contributed by atoms with Gasteiger partial charge in [0.1, 0.15) is 5.75 Å². The fraction of sp³-hybridized carbons (Fsp3) is 0.316. The van der Waals surface area contributed by atoms with Gasteiger partial charge in [0.15, 0.2) is 6.61 Å². The molecule has 0 atom stereocenters. The molecule has 1 amide bonds. The van der Waals surface area contributed by atoms with Crippen LogP contribution in [-0.2, 0) is 14.8 Å². The number of benzene rings is 2. The number of ether oxygens (including phenoxy) is 1. The molecule has 0 spiro atoms. The molecule has 0 saturated carbocycles. The van der Waals surface area contributed by atoms with E-state index in [-0.39, 0.29) is 24.0 Å². The Hall–Kier alpha value is -2.58. The molecule has 0 fully saturated rings. The minimum absolute atomic E-state index is 0.00721. The van der Waals surface area contributed by atoms with E-state index >= 15 is 0 Å². The van der Waals surface area contributed by atoms with Crippen LogP contribution >= 0.6 is 0 Å². The first-order chi connectivity index (χ1) is 12.8. The summed E-state index contributed by atoms with van der Waals surface area (Å²) >= 11 is 0. The van der Waals surface area contributed by atoms with Crippen molar-refractivity contribution < 1.29 is 23.1 Å². The minimum Gasteiger partial charge on any atom is -0.484 e. The normalized spacial score (nSPS) is 11.1. The molecule has 2 aromatic carbocycles. The van der Waals surface area contributed by atoms with Crippen molar-refractivity contribution >= 4 is 21.6 Å². The van der Waals surface area contributed by atoms with Crippen LogP contribution in [0.1, 0.15) is 17.5 Å². The Morgan fingerprint density at radius 1 is 1.07 bits per heavy atom. The molecular formula is C19H24N2O5S. The maximum atomic E-state index is 12.5. The Morgan fingerprint density at radius 3 is 2.41 bits per heavy atom. The SMILES string of the molecule is Cc1ccc(NS(=O)(=O)c2ccc(OCC(=O)NCCCO)cc2)cc1C. The molecule has 0 heterocycles. The van der Waals surface area contributed by atoms with Gasteiger partial charge in [-0.2, -0.15) is 0 Å².